The van der Waals surface area contributed by atoms with Crippen LogP contribution in [0.3, 0.4) is 0 Å². The third kappa shape index (κ3) is 2.45. The van der Waals surface area contributed by atoms with Crippen LogP contribution in [0, 0.1) is 5.82 Å². The van der Waals surface area contributed by atoms with Crippen molar-refractivity contribution < 1.29 is 4.39 Å². The third-order valence-corrected chi connectivity index (χ3v) is 4.15. The third-order valence-electron chi connectivity index (χ3n) is 2.58. The topological polar surface area (TPSA) is 16.1 Å². The predicted molar refractivity (Wildman–Crippen MR) is 66.0 cm³/mol. The van der Waals surface area contributed by atoms with Crippen LogP contribution in [-0.4, -0.2) is 29.6 Å². The standard InChI is InChI=1S/C10H12BrFN2S/c1-14(8-2-3-15-6-8)10-9(12)4-7(11)5-13-10/h4-5,8H,2-3,6H2,1H3. The highest BCUT2D eigenvalue weighted by Gasteiger charge is 2.23. The number of hydrogen-bond donors (Lipinski definition) is 0. The minimum Gasteiger partial charge on any atom is -0.353 e. The van der Waals surface area contributed by atoms with Gasteiger partial charge in [-0.2, -0.15) is 11.8 Å². The zero-order valence-corrected chi connectivity index (χ0v) is 10.8. The lowest BCUT2D eigenvalue weighted by Gasteiger charge is -2.25. The van der Waals surface area contributed by atoms with Crippen LogP contribution in [0.1, 0.15) is 6.42 Å². The van der Waals surface area contributed by atoms with Gasteiger partial charge in [0.05, 0.1) is 0 Å². The SMILES string of the molecule is CN(c1ncc(Br)cc1F)C1CCSC1. The highest BCUT2D eigenvalue weighted by atomic mass is 79.9. The van der Waals surface area contributed by atoms with E-state index in [0.717, 1.165) is 17.9 Å². The number of nitrogens with zero attached hydrogens (tertiary/aromatic N) is 2. The van der Waals surface area contributed by atoms with Gasteiger partial charge in [0.1, 0.15) is 0 Å². The first kappa shape index (κ1) is 11.2. The van der Waals surface area contributed by atoms with Gasteiger partial charge < -0.3 is 4.90 Å². The molecule has 0 radical (unpaired) electrons. The fourth-order valence-corrected chi connectivity index (χ4v) is 3.24. The summed E-state index contributed by atoms with van der Waals surface area (Å²) in [6, 6.07) is 1.87. The molecule has 82 valence electrons. The molecule has 1 atom stereocenters. The van der Waals surface area contributed by atoms with E-state index < -0.39 is 0 Å². The van der Waals surface area contributed by atoms with Crippen LogP contribution in [0.4, 0.5) is 10.2 Å². The molecule has 1 unspecified atom stereocenters. The Labute approximate surface area is 101 Å². The molecule has 1 aliphatic heterocycles. The summed E-state index contributed by atoms with van der Waals surface area (Å²) < 4.78 is 14.3. The maximum atomic E-state index is 13.6. The molecule has 2 nitrogen and oxygen atoms in total. The molecule has 0 aliphatic carbocycles. The van der Waals surface area contributed by atoms with Crippen molar-refractivity contribution in [1.82, 2.24) is 4.98 Å². The molecule has 5 heteroatoms. The van der Waals surface area contributed by atoms with Crippen molar-refractivity contribution in [2.75, 3.05) is 23.5 Å². The second kappa shape index (κ2) is 4.70. The highest BCUT2D eigenvalue weighted by Crippen LogP contribution is 2.27. The molecule has 2 rings (SSSR count). The van der Waals surface area contributed by atoms with Crippen LogP contribution in [-0.2, 0) is 0 Å². The number of rotatable bonds is 2. The normalized spacial score (nSPS) is 20.6. The lowest BCUT2D eigenvalue weighted by atomic mass is 10.2. The van der Waals surface area contributed by atoms with Gasteiger partial charge in [-0.25, -0.2) is 9.37 Å². The summed E-state index contributed by atoms with van der Waals surface area (Å²) in [7, 11) is 1.91. The van der Waals surface area contributed by atoms with E-state index in [1.807, 2.05) is 23.7 Å². The summed E-state index contributed by atoms with van der Waals surface area (Å²) in [4.78, 5) is 6.06. The van der Waals surface area contributed by atoms with Gasteiger partial charge in [0.2, 0.25) is 0 Å². The van der Waals surface area contributed by atoms with Gasteiger partial charge in [0.25, 0.3) is 0 Å². The van der Waals surface area contributed by atoms with E-state index in [1.54, 1.807) is 6.20 Å². The maximum absolute atomic E-state index is 13.6. The molecule has 1 fully saturated rings. The molecule has 1 aromatic heterocycles. The second-order valence-electron chi connectivity index (χ2n) is 3.59. The van der Waals surface area contributed by atoms with Crippen molar-refractivity contribution in [2.24, 2.45) is 0 Å². The number of hydrogen-bond acceptors (Lipinski definition) is 3. The first-order valence-electron chi connectivity index (χ1n) is 4.80. The average Bonchev–Trinajstić information content (AvgIpc) is 2.69. The Balaban J connectivity index is 2.20. The van der Waals surface area contributed by atoms with Gasteiger partial charge in [-0.15, -0.1) is 0 Å². The fourth-order valence-electron chi connectivity index (χ4n) is 1.67. The Morgan fingerprint density at radius 1 is 1.67 bits per heavy atom. The molecule has 0 amide bonds. The van der Waals surface area contributed by atoms with Gasteiger partial charge in [-0.1, -0.05) is 0 Å². The van der Waals surface area contributed by atoms with Gasteiger partial charge >= 0.3 is 0 Å². The first-order valence-corrected chi connectivity index (χ1v) is 6.75. The van der Waals surface area contributed by atoms with E-state index in [9.17, 15) is 4.39 Å². The van der Waals surface area contributed by atoms with Gasteiger partial charge in [-0.05, 0) is 34.2 Å². The molecule has 1 aliphatic rings. The smallest absolute Gasteiger partial charge is 0.166 e. The van der Waals surface area contributed by atoms with Crippen molar-refractivity contribution in [3.8, 4) is 0 Å². The Morgan fingerprint density at radius 2 is 2.47 bits per heavy atom. The van der Waals surface area contributed by atoms with E-state index in [1.165, 1.54) is 6.07 Å². The molecule has 15 heavy (non-hydrogen) atoms. The highest BCUT2D eigenvalue weighted by molar-refractivity contribution is 9.10. The molecular formula is C10H12BrFN2S. The second-order valence-corrected chi connectivity index (χ2v) is 5.65. The monoisotopic (exact) mass is 290 g/mol. The maximum Gasteiger partial charge on any atom is 0.166 e. The summed E-state index contributed by atoms with van der Waals surface area (Å²) in [5.74, 6) is 2.41. The van der Waals surface area contributed by atoms with E-state index in [2.05, 4.69) is 20.9 Å². The van der Waals surface area contributed by atoms with Crippen molar-refractivity contribution in [3.63, 3.8) is 0 Å². The Kier molecular flexibility index (Phi) is 3.51. The molecule has 1 aromatic rings. The molecule has 2 heterocycles. The van der Waals surface area contributed by atoms with Crippen LogP contribution >= 0.6 is 27.7 Å². The van der Waals surface area contributed by atoms with Gasteiger partial charge in [0.15, 0.2) is 11.6 Å². The summed E-state index contributed by atoms with van der Waals surface area (Å²) in [5, 5.41) is 0. The van der Waals surface area contributed by atoms with Crippen LogP contribution in [0.5, 0.6) is 0 Å². The Morgan fingerprint density at radius 3 is 3.07 bits per heavy atom. The molecule has 0 aromatic carbocycles. The lowest BCUT2D eigenvalue weighted by molar-refractivity contribution is 0.597. The summed E-state index contributed by atoms with van der Waals surface area (Å²) in [5.41, 5.74) is 0. The van der Waals surface area contributed by atoms with Crippen LogP contribution < -0.4 is 4.90 Å². The van der Waals surface area contributed by atoms with E-state index in [4.69, 9.17) is 0 Å². The van der Waals surface area contributed by atoms with Crippen molar-refractivity contribution in [2.45, 2.75) is 12.5 Å². The fraction of sp³-hybridized carbons (Fsp3) is 0.500. The van der Waals surface area contributed by atoms with E-state index in [-0.39, 0.29) is 5.82 Å². The zero-order chi connectivity index (χ0) is 10.8. The zero-order valence-electron chi connectivity index (χ0n) is 8.41. The molecule has 0 spiro atoms. The van der Waals surface area contributed by atoms with Crippen LogP contribution in [0.25, 0.3) is 0 Å². The summed E-state index contributed by atoms with van der Waals surface area (Å²) >= 11 is 5.12. The Hall–Kier alpha value is -0.290. The number of aromatic nitrogens is 1. The molecule has 0 N–H and O–H groups in total. The predicted octanol–water partition coefficient (Wildman–Crippen LogP) is 2.92. The van der Waals surface area contributed by atoms with Gasteiger partial charge in [0, 0.05) is 29.5 Å². The minimum atomic E-state index is -0.260. The molecule has 0 bridgehead atoms. The van der Waals surface area contributed by atoms with E-state index >= 15 is 0 Å². The largest absolute Gasteiger partial charge is 0.353 e. The number of anilines is 1. The quantitative estimate of drug-likeness (QED) is 0.833. The Bertz CT molecular complexity index is 355. The first-order chi connectivity index (χ1) is 7.18. The minimum absolute atomic E-state index is 0.260. The summed E-state index contributed by atoms with van der Waals surface area (Å²) in [6.07, 6.45) is 2.75. The van der Waals surface area contributed by atoms with Crippen molar-refractivity contribution >= 4 is 33.5 Å². The number of pyridine rings is 1. The van der Waals surface area contributed by atoms with Crippen LogP contribution in [0.15, 0.2) is 16.7 Å². The number of halogens is 2. The van der Waals surface area contributed by atoms with Crippen LogP contribution in [0.2, 0.25) is 0 Å². The number of thioether (sulfide) groups is 1. The van der Waals surface area contributed by atoms with E-state index in [0.29, 0.717) is 16.3 Å². The lowest BCUT2D eigenvalue weighted by Crippen LogP contribution is -2.32. The molecule has 0 saturated carbocycles. The molecule has 1 saturated heterocycles. The molecular weight excluding hydrogens is 279 g/mol. The van der Waals surface area contributed by atoms with Crippen molar-refractivity contribution in [1.29, 1.82) is 0 Å². The summed E-state index contributed by atoms with van der Waals surface area (Å²) in [6.45, 7) is 0. The van der Waals surface area contributed by atoms with Crippen molar-refractivity contribution in [3.05, 3.63) is 22.6 Å². The average molecular weight is 291 g/mol. The van der Waals surface area contributed by atoms with Gasteiger partial charge in [-0.3, -0.25) is 0 Å².